The fourth-order valence-corrected chi connectivity index (χ4v) is 5.76. The van der Waals surface area contributed by atoms with Gasteiger partial charge in [0, 0.05) is 23.8 Å². The van der Waals surface area contributed by atoms with Gasteiger partial charge in [0.1, 0.15) is 89.4 Å². The van der Waals surface area contributed by atoms with Crippen LogP contribution in [0.1, 0.15) is 5.56 Å². The van der Waals surface area contributed by atoms with E-state index < -0.39 is 103 Å². The molecule has 2 fully saturated rings. The number of aliphatic hydroxyl groups excluding tert-OH is 7. The zero-order chi connectivity index (χ0) is 38.8. The number of benzene rings is 3. The summed E-state index contributed by atoms with van der Waals surface area (Å²) in [5, 5.41) is 102. The smallest absolute Gasteiger partial charge is 0.330 e. The Balaban J connectivity index is 1.29. The molecule has 10 atom stereocenters. The first-order valence-electron chi connectivity index (χ1n) is 16.4. The molecule has 288 valence electrons. The number of fused-ring (bicyclic) bond motifs is 1. The molecule has 0 unspecified atom stereocenters. The summed E-state index contributed by atoms with van der Waals surface area (Å²) in [5.74, 6) is -2.99. The molecule has 54 heavy (non-hydrogen) atoms. The normalized spacial score (nSPS) is 28.6. The maximum Gasteiger partial charge on any atom is 0.330 e. The molecule has 2 aliphatic rings. The molecule has 1 aromatic heterocycles. The zero-order valence-corrected chi connectivity index (χ0v) is 27.9. The van der Waals surface area contributed by atoms with Crippen LogP contribution in [0.3, 0.4) is 0 Å². The van der Waals surface area contributed by atoms with Crippen LogP contribution in [0.25, 0.3) is 28.4 Å². The molecule has 0 saturated carbocycles. The summed E-state index contributed by atoms with van der Waals surface area (Å²) in [6.07, 6.45) is -14.8. The van der Waals surface area contributed by atoms with Crippen LogP contribution in [-0.2, 0) is 19.0 Å². The van der Waals surface area contributed by atoms with E-state index in [2.05, 4.69) is 0 Å². The Morgan fingerprint density at radius 3 is 1.93 bits per heavy atom. The third-order valence-corrected chi connectivity index (χ3v) is 8.73. The van der Waals surface area contributed by atoms with Crippen molar-refractivity contribution in [1.29, 1.82) is 0 Å². The average Bonchev–Trinajstić information content (AvgIpc) is 3.15. The number of ether oxygens (including phenoxy) is 5. The molecule has 0 aliphatic carbocycles. The van der Waals surface area contributed by atoms with Gasteiger partial charge in [-0.15, -0.1) is 0 Å². The van der Waals surface area contributed by atoms with Crippen LogP contribution in [-0.4, -0.2) is 132 Å². The lowest BCUT2D eigenvalue weighted by molar-refractivity contribution is -0.278. The molecule has 3 heterocycles. The lowest BCUT2D eigenvalue weighted by Crippen LogP contribution is -2.60. The van der Waals surface area contributed by atoms with Gasteiger partial charge in [-0.1, -0.05) is 12.1 Å². The first kappa shape index (κ1) is 38.4. The SMILES string of the molecule is O=C(/C=C/c1ccc(O)cc1)OC[C@@H]1O[C@H](Oc2c(-c3ccc(O)cc3)oc3cc(O[C@H]4O[C@@H](CO)[C@H](O)[C@@H](O)[C@@H]4O)cc(O)c3c2=O)[C@@H](O)[C@H](O)[C@H]1O. The Labute approximate surface area is 304 Å². The van der Waals surface area contributed by atoms with Crippen LogP contribution in [0.4, 0.5) is 0 Å². The average molecular weight is 757 g/mol. The molecule has 18 nitrogen and oxygen atoms in total. The van der Waals surface area contributed by atoms with Gasteiger partial charge in [-0.05, 0) is 48.0 Å². The van der Waals surface area contributed by atoms with E-state index >= 15 is 0 Å². The van der Waals surface area contributed by atoms with E-state index in [4.69, 9.17) is 28.1 Å². The third kappa shape index (κ3) is 7.97. The van der Waals surface area contributed by atoms with Crippen LogP contribution in [0.5, 0.6) is 28.7 Å². The standard InChI is InChI=1S/C36H36O18/c37-13-22-26(42)29(45)31(47)35(52-22)50-19-11-20(40)25-21(12-19)51-33(16-4-8-18(39)9-5-16)34(28(25)44)54-36-32(48)30(46)27(43)23(53-36)14-49-24(41)10-3-15-1-6-17(38)7-2-15/h1-12,22-23,26-27,29-32,35-40,42-43,45-48H,13-14H2/b10-3+/t22-,23-,26-,27-,29+,30+,31-,32-,35-,36+/m0/s1. The summed E-state index contributed by atoms with van der Waals surface area (Å²) < 4.78 is 33.6. The Bertz CT molecular complexity index is 2030. The second kappa shape index (κ2) is 16.0. The third-order valence-electron chi connectivity index (χ3n) is 8.73. The summed E-state index contributed by atoms with van der Waals surface area (Å²) in [4.78, 5) is 26.4. The number of rotatable bonds is 10. The number of esters is 1. The molecular weight excluding hydrogens is 720 g/mol. The molecule has 2 aliphatic heterocycles. The van der Waals surface area contributed by atoms with Gasteiger partial charge < -0.3 is 79.2 Å². The van der Waals surface area contributed by atoms with Crippen molar-refractivity contribution in [3.63, 3.8) is 0 Å². The van der Waals surface area contributed by atoms with Crippen LogP contribution in [0.15, 0.2) is 76.0 Å². The summed E-state index contributed by atoms with van der Waals surface area (Å²) in [7, 11) is 0. The lowest BCUT2D eigenvalue weighted by atomic mass is 9.99. The quantitative estimate of drug-likeness (QED) is 0.0700. The zero-order valence-electron chi connectivity index (χ0n) is 27.9. The van der Waals surface area contributed by atoms with Gasteiger partial charge in [-0.25, -0.2) is 4.79 Å². The van der Waals surface area contributed by atoms with Crippen molar-refractivity contribution in [2.45, 2.75) is 61.4 Å². The van der Waals surface area contributed by atoms with Crippen LogP contribution >= 0.6 is 0 Å². The van der Waals surface area contributed by atoms with E-state index in [0.29, 0.717) is 5.56 Å². The summed E-state index contributed by atoms with van der Waals surface area (Å²) in [5.41, 5.74) is -0.665. The number of hydrogen-bond donors (Lipinski definition) is 10. The minimum Gasteiger partial charge on any atom is -0.508 e. The van der Waals surface area contributed by atoms with E-state index in [1.54, 1.807) is 12.1 Å². The summed E-state index contributed by atoms with van der Waals surface area (Å²) in [6, 6.07) is 13.2. The van der Waals surface area contributed by atoms with Crippen LogP contribution < -0.4 is 14.9 Å². The highest BCUT2D eigenvalue weighted by atomic mass is 16.7. The van der Waals surface area contributed by atoms with Gasteiger partial charge in [-0.3, -0.25) is 4.79 Å². The van der Waals surface area contributed by atoms with E-state index in [1.807, 2.05) is 0 Å². The maximum absolute atomic E-state index is 14.0. The number of carbonyl (C=O) groups is 1. The van der Waals surface area contributed by atoms with Crippen molar-refractivity contribution < 1.29 is 84.0 Å². The fourth-order valence-electron chi connectivity index (χ4n) is 5.76. The number of phenolic OH excluding ortho intramolecular Hbond substituents is 3. The molecule has 3 aromatic carbocycles. The van der Waals surface area contributed by atoms with Crippen molar-refractivity contribution in [3.05, 3.63) is 82.5 Å². The van der Waals surface area contributed by atoms with Crippen LogP contribution in [0, 0.1) is 0 Å². The van der Waals surface area contributed by atoms with Gasteiger partial charge in [0.15, 0.2) is 5.76 Å². The second-order valence-corrected chi connectivity index (χ2v) is 12.5. The first-order chi connectivity index (χ1) is 25.7. The molecule has 0 amide bonds. The van der Waals surface area contributed by atoms with Gasteiger partial charge in [-0.2, -0.15) is 0 Å². The Morgan fingerprint density at radius 1 is 0.722 bits per heavy atom. The molecule has 4 aromatic rings. The van der Waals surface area contributed by atoms with E-state index in [-0.39, 0.29) is 34.2 Å². The first-order valence-corrected chi connectivity index (χ1v) is 16.4. The summed E-state index contributed by atoms with van der Waals surface area (Å²) >= 11 is 0. The molecule has 6 rings (SSSR count). The summed E-state index contributed by atoms with van der Waals surface area (Å²) in [6.45, 7) is -1.37. The second-order valence-electron chi connectivity index (χ2n) is 12.5. The van der Waals surface area contributed by atoms with Crippen LogP contribution in [0.2, 0.25) is 0 Å². The van der Waals surface area contributed by atoms with Gasteiger partial charge in [0.2, 0.25) is 23.8 Å². The number of aromatic hydroxyl groups is 3. The van der Waals surface area contributed by atoms with Gasteiger partial charge >= 0.3 is 5.97 Å². The molecule has 0 bridgehead atoms. The van der Waals surface area contributed by atoms with Gasteiger partial charge in [0.25, 0.3) is 0 Å². The van der Waals surface area contributed by atoms with Crippen molar-refractivity contribution in [3.8, 4) is 40.1 Å². The molecule has 0 radical (unpaired) electrons. The number of carbonyl (C=O) groups excluding carboxylic acids is 1. The molecule has 10 N–H and O–H groups in total. The largest absolute Gasteiger partial charge is 0.508 e. The predicted molar refractivity (Wildman–Crippen MR) is 181 cm³/mol. The minimum absolute atomic E-state index is 0.0259. The highest BCUT2D eigenvalue weighted by Crippen LogP contribution is 2.38. The lowest BCUT2D eigenvalue weighted by Gasteiger charge is -2.39. The number of aliphatic hydroxyl groups is 7. The monoisotopic (exact) mass is 756 g/mol. The molecule has 0 spiro atoms. The highest BCUT2D eigenvalue weighted by Gasteiger charge is 2.47. The van der Waals surface area contributed by atoms with E-state index in [0.717, 1.165) is 18.2 Å². The predicted octanol–water partition coefficient (Wildman–Crippen LogP) is -0.802. The minimum atomic E-state index is -1.98. The Kier molecular flexibility index (Phi) is 11.4. The van der Waals surface area contributed by atoms with Crippen molar-refractivity contribution in [1.82, 2.24) is 0 Å². The van der Waals surface area contributed by atoms with Gasteiger partial charge in [0.05, 0.1) is 6.61 Å². The molecule has 18 heteroatoms. The topological polar surface area (TPSA) is 296 Å². The fraction of sp³-hybridized carbons (Fsp3) is 0.333. The maximum atomic E-state index is 14.0. The van der Waals surface area contributed by atoms with Crippen molar-refractivity contribution >= 4 is 23.0 Å². The van der Waals surface area contributed by atoms with E-state index in [1.165, 1.54) is 42.5 Å². The van der Waals surface area contributed by atoms with E-state index in [9.17, 15) is 60.7 Å². The van der Waals surface area contributed by atoms with Crippen molar-refractivity contribution in [2.24, 2.45) is 0 Å². The number of phenols is 3. The number of hydrogen-bond acceptors (Lipinski definition) is 18. The Hall–Kier alpha value is -5.28. The Morgan fingerprint density at radius 2 is 1.30 bits per heavy atom. The molecular formula is C36H36O18. The van der Waals surface area contributed by atoms with Crippen molar-refractivity contribution in [2.75, 3.05) is 13.2 Å². The molecule has 2 saturated heterocycles. The highest BCUT2D eigenvalue weighted by molar-refractivity contribution is 5.88.